The predicted molar refractivity (Wildman–Crippen MR) is 75.1 cm³/mol. The Hall–Kier alpha value is -2.34. The van der Waals surface area contributed by atoms with Crippen LogP contribution in [0.1, 0.15) is 5.56 Å². The Morgan fingerprint density at radius 2 is 1.80 bits per heavy atom. The van der Waals surface area contributed by atoms with Gasteiger partial charge in [0.15, 0.2) is 0 Å². The molecule has 0 saturated carbocycles. The molecule has 0 aliphatic rings. The van der Waals surface area contributed by atoms with Crippen molar-refractivity contribution in [2.45, 2.75) is 6.42 Å². The van der Waals surface area contributed by atoms with Crippen LogP contribution >= 0.6 is 0 Å². The van der Waals surface area contributed by atoms with E-state index in [0.29, 0.717) is 13.0 Å². The van der Waals surface area contributed by atoms with Crippen molar-refractivity contribution in [1.82, 2.24) is 15.6 Å². The summed E-state index contributed by atoms with van der Waals surface area (Å²) >= 11 is 0. The number of nitrogens with one attached hydrogen (secondary N) is 3. The number of fused-ring (bicyclic) bond motifs is 1. The predicted octanol–water partition coefficient (Wildman–Crippen LogP) is -0.0649. The van der Waals surface area contributed by atoms with Crippen LogP contribution < -0.4 is 10.6 Å². The van der Waals surface area contributed by atoms with Crippen molar-refractivity contribution in [2.24, 2.45) is 0 Å². The Morgan fingerprint density at radius 1 is 1.10 bits per heavy atom. The highest BCUT2D eigenvalue weighted by Crippen LogP contribution is 2.17. The molecule has 0 spiro atoms. The zero-order chi connectivity index (χ0) is 14.4. The fraction of sp³-hybridized carbons (Fsp3) is 0.286. The maximum Gasteiger partial charge on any atom is 0.309 e. The summed E-state index contributed by atoms with van der Waals surface area (Å²) in [6.07, 6.45) is 2.55. The van der Waals surface area contributed by atoms with E-state index in [4.69, 9.17) is 5.11 Å². The molecule has 0 unspecified atom stereocenters. The Labute approximate surface area is 116 Å². The molecule has 20 heavy (non-hydrogen) atoms. The molecule has 6 nitrogen and oxygen atoms in total. The summed E-state index contributed by atoms with van der Waals surface area (Å²) in [6.45, 7) is 0.274. The first kappa shape index (κ1) is 14.1. The molecule has 0 bridgehead atoms. The number of aromatic amines is 1. The van der Waals surface area contributed by atoms with Crippen molar-refractivity contribution in [2.75, 3.05) is 19.7 Å². The van der Waals surface area contributed by atoms with Crippen LogP contribution in [0.25, 0.3) is 10.9 Å². The van der Waals surface area contributed by atoms with E-state index in [2.05, 4.69) is 15.6 Å². The van der Waals surface area contributed by atoms with Gasteiger partial charge in [0.2, 0.25) is 0 Å². The lowest BCUT2D eigenvalue weighted by Crippen LogP contribution is -2.41. The molecule has 2 rings (SSSR count). The number of aliphatic hydroxyl groups is 1. The maximum atomic E-state index is 11.4. The van der Waals surface area contributed by atoms with Gasteiger partial charge in [-0.05, 0) is 18.1 Å². The van der Waals surface area contributed by atoms with Gasteiger partial charge >= 0.3 is 11.8 Å². The average molecular weight is 275 g/mol. The number of carbonyl (C=O) groups is 2. The van der Waals surface area contributed by atoms with Gasteiger partial charge in [-0.25, -0.2) is 0 Å². The molecular formula is C14H17N3O3. The summed E-state index contributed by atoms with van der Waals surface area (Å²) < 4.78 is 0. The number of carbonyl (C=O) groups excluding carboxylic acids is 2. The van der Waals surface area contributed by atoms with Crippen molar-refractivity contribution in [3.8, 4) is 0 Å². The highest BCUT2D eigenvalue weighted by atomic mass is 16.3. The van der Waals surface area contributed by atoms with Gasteiger partial charge in [-0.1, -0.05) is 18.2 Å². The number of H-pyrrole nitrogens is 1. The van der Waals surface area contributed by atoms with Crippen LogP contribution in [-0.4, -0.2) is 41.6 Å². The molecule has 1 aromatic heterocycles. The number of aliphatic hydroxyl groups excluding tert-OH is 1. The molecule has 1 aromatic carbocycles. The molecule has 0 saturated heterocycles. The van der Waals surface area contributed by atoms with E-state index in [1.165, 1.54) is 0 Å². The fourth-order valence-corrected chi connectivity index (χ4v) is 1.98. The van der Waals surface area contributed by atoms with Crippen LogP contribution in [0.5, 0.6) is 0 Å². The van der Waals surface area contributed by atoms with Gasteiger partial charge in [0.1, 0.15) is 0 Å². The van der Waals surface area contributed by atoms with Crippen molar-refractivity contribution >= 4 is 22.7 Å². The summed E-state index contributed by atoms with van der Waals surface area (Å²) in [5, 5.41) is 14.5. The maximum absolute atomic E-state index is 11.4. The van der Waals surface area contributed by atoms with E-state index < -0.39 is 11.8 Å². The zero-order valence-electron chi connectivity index (χ0n) is 11.0. The van der Waals surface area contributed by atoms with Crippen LogP contribution in [0.2, 0.25) is 0 Å². The first-order chi connectivity index (χ1) is 9.72. The second kappa shape index (κ2) is 6.72. The first-order valence-electron chi connectivity index (χ1n) is 6.44. The molecule has 4 N–H and O–H groups in total. The SMILES string of the molecule is O=C(NCCO)C(=O)NCCc1c[nH]c2ccccc12. The van der Waals surface area contributed by atoms with E-state index in [-0.39, 0.29) is 13.2 Å². The van der Waals surface area contributed by atoms with Gasteiger partial charge in [0, 0.05) is 30.2 Å². The van der Waals surface area contributed by atoms with E-state index in [1.54, 1.807) is 0 Å². The van der Waals surface area contributed by atoms with Crippen LogP contribution in [0.4, 0.5) is 0 Å². The van der Waals surface area contributed by atoms with E-state index in [9.17, 15) is 9.59 Å². The average Bonchev–Trinajstić information content (AvgIpc) is 2.88. The highest BCUT2D eigenvalue weighted by Gasteiger charge is 2.12. The van der Waals surface area contributed by atoms with Crippen LogP contribution in [0, 0.1) is 0 Å². The van der Waals surface area contributed by atoms with Gasteiger partial charge in [-0.2, -0.15) is 0 Å². The van der Waals surface area contributed by atoms with Gasteiger partial charge < -0.3 is 20.7 Å². The Morgan fingerprint density at radius 3 is 2.55 bits per heavy atom. The van der Waals surface area contributed by atoms with E-state index in [1.807, 2.05) is 30.5 Å². The molecule has 6 heteroatoms. The topological polar surface area (TPSA) is 94.2 Å². The standard InChI is InChI=1S/C14H17N3O3/c18-8-7-16-14(20)13(19)15-6-5-10-9-17-12-4-2-1-3-11(10)12/h1-4,9,17-18H,5-8H2,(H,15,19)(H,16,20). The molecule has 0 atom stereocenters. The van der Waals surface area contributed by atoms with Crippen LogP contribution in [0.3, 0.4) is 0 Å². The molecule has 0 radical (unpaired) electrons. The number of hydrogen-bond donors (Lipinski definition) is 4. The monoisotopic (exact) mass is 275 g/mol. The number of hydrogen-bond acceptors (Lipinski definition) is 3. The number of para-hydroxylation sites is 1. The largest absolute Gasteiger partial charge is 0.395 e. The summed E-state index contributed by atoms with van der Waals surface area (Å²) in [6, 6.07) is 7.91. The van der Waals surface area contributed by atoms with E-state index >= 15 is 0 Å². The number of aromatic nitrogens is 1. The lowest BCUT2D eigenvalue weighted by Gasteiger charge is -2.05. The highest BCUT2D eigenvalue weighted by molar-refractivity contribution is 6.35. The van der Waals surface area contributed by atoms with Gasteiger partial charge in [-0.15, -0.1) is 0 Å². The van der Waals surface area contributed by atoms with Crippen LogP contribution in [-0.2, 0) is 16.0 Å². The molecular weight excluding hydrogens is 258 g/mol. The molecule has 0 fully saturated rings. The zero-order valence-corrected chi connectivity index (χ0v) is 11.0. The third kappa shape index (κ3) is 3.36. The summed E-state index contributed by atoms with van der Waals surface area (Å²) in [7, 11) is 0. The van der Waals surface area contributed by atoms with Crippen molar-refractivity contribution in [3.05, 3.63) is 36.0 Å². The summed E-state index contributed by atoms with van der Waals surface area (Å²) in [4.78, 5) is 25.9. The quantitative estimate of drug-likeness (QED) is 0.576. The minimum absolute atomic E-state index is 0.0781. The molecule has 2 amide bonds. The third-order valence-electron chi connectivity index (χ3n) is 2.96. The number of benzene rings is 1. The van der Waals surface area contributed by atoms with Crippen molar-refractivity contribution in [3.63, 3.8) is 0 Å². The minimum atomic E-state index is -0.724. The lowest BCUT2D eigenvalue weighted by molar-refractivity contribution is -0.139. The first-order valence-corrected chi connectivity index (χ1v) is 6.44. The van der Waals surface area contributed by atoms with Crippen molar-refractivity contribution in [1.29, 1.82) is 0 Å². The molecule has 0 aliphatic carbocycles. The Kier molecular flexibility index (Phi) is 4.73. The Balaban J connectivity index is 1.84. The van der Waals surface area contributed by atoms with Gasteiger partial charge in [-0.3, -0.25) is 9.59 Å². The Bertz CT molecular complexity index is 606. The second-order valence-corrected chi connectivity index (χ2v) is 4.34. The number of amides is 2. The smallest absolute Gasteiger partial charge is 0.309 e. The van der Waals surface area contributed by atoms with Crippen LogP contribution in [0.15, 0.2) is 30.5 Å². The van der Waals surface area contributed by atoms with Gasteiger partial charge in [0.05, 0.1) is 6.61 Å². The third-order valence-corrected chi connectivity index (χ3v) is 2.96. The molecule has 106 valence electrons. The normalized spacial score (nSPS) is 10.4. The van der Waals surface area contributed by atoms with E-state index in [0.717, 1.165) is 16.5 Å². The molecule has 0 aliphatic heterocycles. The number of rotatable bonds is 5. The van der Waals surface area contributed by atoms with Gasteiger partial charge in [0.25, 0.3) is 0 Å². The minimum Gasteiger partial charge on any atom is -0.395 e. The molecule has 2 aromatic rings. The lowest BCUT2D eigenvalue weighted by atomic mass is 10.1. The van der Waals surface area contributed by atoms with Crippen molar-refractivity contribution < 1.29 is 14.7 Å². The second-order valence-electron chi connectivity index (χ2n) is 4.34. The molecule has 1 heterocycles. The summed E-state index contributed by atoms with van der Waals surface area (Å²) in [5.41, 5.74) is 2.14. The fourth-order valence-electron chi connectivity index (χ4n) is 1.98. The summed E-state index contributed by atoms with van der Waals surface area (Å²) in [5.74, 6) is -1.41.